The van der Waals surface area contributed by atoms with Crippen molar-refractivity contribution in [1.29, 1.82) is 0 Å². The third kappa shape index (κ3) is 3.81. The number of rotatable bonds is 6. The summed E-state index contributed by atoms with van der Waals surface area (Å²) in [5.74, 6) is 0.303. The Labute approximate surface area is 155 Å². The highest BCUT2D eigenvalue weighted by molar-refractivity contribution is 5.78. The SMILES string of the molecule is COc1cc(C)cc(OC)c1[C@H](C(=O)O)N1CCC(N2CCCC2)CC1. The van der Waals surface area contributed by atoms with E-state index in [-0.39, 0.29) is 0 Å². The Kier molecular flexibility index (Phi) is 6.04. The molecule has 3 rings (SSSR count). The Morgan fingerprint density at radius 3 is 2.08 bits per heavy atom. The summed E-state index contributed by atoms with van der Waals surface area (Å²) in [7, 11) is 3.16. The fourth-order valence-electron chi connectivity index (χ4n) is 4.42. The molecule has 144 valence electrons. The molecule has 26 heavy (non-hydrogen) atoms. The van der Waals surface area contributed by atoms with Crippen molar-refractivity contribution < 1.29 is 19.4 Å². The van der Waals surface area contributed by atoms with Crippen LogP contribution >= 0.6 is 0 Å². The number of aryl methyl sites for hydroxylation is 1. The standard InChI is InChI=1S/C20H30N2O4/c1-14-12-16(25-2)18(17(13-14)26-3)19(20(23)24)22-10-6-15(7-11-22)21-8-4-5-9-21/h12-13,15,19H,4-11H2,1-3H3,(H,23,24)/t19-/m1/s1. The average molecular weight is 362 g/mol. The maximum Gasteiger partial charge on any atom is 0.325 e. The fraction of sp³-hybridized carbons (Fsp3) is 0.650. The van der Waals surface area contributed by atoms with Crippen LogP contribution < -0.4 is 9.47 Å². The fourth-order valence-corrected chi connectivity index (χ4v) is 4.42. The summed E-state index contributed by atoms with van der Waals surface area (Å²) >= 11 is 0. The van der Waals surface area contributed by atoms with E-state index in [9.17, 15) is 9.90 Å². The van der Waals surface area contributed by atoms with Gasteiger partial charge in [0.05, 0.1) is 19.8 Å². The number of hydrogen-bond acceptors (Lipinski definition) is 5. The molecule has 1 N–H and O–H groups in total. The van der Waals surface area contributed by atoms with Crippen LogP contribution in [0.1, 0.15) is 42.9 Å². The van der Waals surface area contributed by atoms with Gasteiger partial charge in [-0.3, -0.25) is 9.69 Å². The minimum atomic E-state index is -0.856. The first-order chi connectivity index (χ1) is 12.5. The van der Waals surface area contributed by atoms with Gasteiger partial charge in [0, 0.05) is 19.1 Å². The molecule has 2 aliphatic rings. The van der Waals surface area contributed by atoms with Crippen molar-refractivity contribution >= 4 is 5.97 Å². The van der Waals surface area contributed by atoms with Gasteiger partial charge in [-0.1, -0.05) is 0 Å². The van der Waals surface area contributed by atoms with Crippen LogP contribution in [0.3, 0.4) is 0 Å². The van der Waals surface area contributed by atoms with Gasteiger partial charge in [-0.25, -0.2) is 0 Å². The first-order valence-corrected chi connectivity index (χ1v) is 9.48. The van der Waals surface area contributed by atoms with Crippen molar-refractivity contribution in [3.05, 3.63) is 23.3 Å². The lowest BCUT2D eigenvalue weighted by atomic mass is 9.96. The number of benzene rings is 1. The van der Waals surface area contributed by atoms with E-state index >= 15 is 0 Å². The zero-order valence-corrected chi connectivity index (χ0v) is 16.0. The van der Waals surface area contributed by atoms with Crippen LogP contribution in [0.2, 0.25) is 0 Å². The van der Waals surface area contributed by atoms with Crippen molar-refractivity contribution in [1.82, 2.24) is 9.80 Å². The molecule has 0 bridgehead atoms. The number of carbonyl (C=O) groups is 1. The van der Waals surface area contributed by atoms with Gasteiger partial charge >= 0.3 is 5.97 Å². The molecule has 1 aromatic carbocycles. The molecule has 1 aromatic rings. The highest BCUT2D eigenvalue weighted by Crippen LogP contribution is 2.39. The third-order valence-corrected chi connectivity index (χ3v) is 5.72. The van der Waals surface area contributed by atoms with E-state index in [2.05, 4.69) is 9.80 Å². The van der Waals surface area contributed by atoms with Gasteiger partial charge in [-0.15, -0.1) is 0 Å². The van der Waals surface area contributed by atoms with Crippen LogP contribution in [-0.2, 0) is 4.79 Å². The largest absolute Gasteiger partial charge is 0.496 e. The quantitative estimate of drug-likeness (QED) is 0.840. The minimum Gasteiger partial charge on any atom is -0.496 e. The van der Waals surface area contributed by atoms with Gasteiger partial charge in [0.25, 0.3) is 0 Å². The van der Waals surface area contributed by atoms with Crippen molar-refractivity contribution in [3.8, 4) is 11.5 Å². The molecule has 0 radical (unpaired) electrons. The number of likely N-dealkylation sites (tertiary alicyclic amines) is 2. The van der Waals surface area contributed by atoms with Gasteiger partial charge in [-0.05, 0) is 63.4 Å². The molecule has 0 saturated carbocycles. The highest BCUT2D eigenvalue weighted by atomic mass is 16.5. The molecular formula is C20H30N2O4. The Morgan fingerprint density at radius 1 is 1.08 bits per heavy atom. The monoisotopic (exact) mass is 362 g/mol. The lowest BCUT2D eigenvalue weighted by Gasteiger charge is -2.39. The molecule has 2 saturated heterocycles. The van der Waals surface area contributed by atoms with Crippen LogP contribution in [0.15, 0.2) is 12.1 Å². The lowest BCUT2D eigenvalue weighted by Crippen LogP contribution is -2.46. The minimum absolute atomic E-state index is 0.580. The molecule has 0 aromatic heterocycles. The maximum absolute atomic E-state index is 12.2. The van der Waals surface area contributed by atoms with Crippen LogP contribution in [0.4, 0.5) is 0 Å². The summed E-state index contributed by atoms with van der Waals surface area (Å²) in [6.07, 6.45) is 4.60. The van der Waals surface area contributed by atoms with E-state index < -0.39 is 12.0 Å². The number of aliphatic carboxylic acids is 1. The third-order valence-electron chi connectivity index (χ3n) is 5.72. The molecule has 2 heterocycles. The van der Waals surface area contributed by atoms with E-state index in [0.29, 0.717) is 23.1 Å². The molecule has 2 fully saturated rings. The van der Waals surface area contributed by atoms with Gasteiger partial charge in [0.2, 0.25) is 0 Å². The molecule has 0 unspecified atom stereocenters. The van der Waals surface area contributed by atoms with E-state index in [4.69, 9.17) is 9.47 Å². The Hall–Kier alpha value is -1.79. The predicted octanol–water partition coefficient (Wildman–Crippen LogP) is 2.70. The summed E-state index contributed by atoms with van der Waals surface area (Å²) < 4.78 is 11.0. The smallest absolute Gasteiger partial charge is 0.325 e. The molecule has 2 aliphatic heterocycles. The Bertz CT molecular complexity index is 610. The van der Waals surface area contributed by atoms with Gasteiger partial charge in [0.15, 0.2) is 0 Å². The molecule has 6 heteroatoms. The van der Waals surface area contributed by atoms with Crippen molar-refractivity contribution in [2.45, 2.75) is 44.7 Å². The lowest BCUT2D eigenvalue weighted by molar-refractivity contribution is -0.144. The predicted molar refractivity (Wildman–Crippen MR) is 100 cm³/mol. The van der Waals surface area contributed by atoms with E-state index in [1.807, 2.05) is 19.1 Å². The maximum atomic E-state index is 12.2. The van der Waals surface area contributed by atoms with Crippen LogP contribution in [0.25, 0.3) is 0 Å². The number of piperidine rings is 1. The van der Waals surface area contributed by atoms with E-state index in [1.165, 1.54) is 25.9 Å². The van der Waals surface area contributed by atoms with Crippen molar-refractivity contribution in [2.75, 3.05) is 40.4 Å². The Morgan fingerprint density at radius 2 is 1.62 bits per heavy atom. The van der Waals surface area contributed by atoms with Gasteiger partial charge in [-0.2, -0.15) is 0 Å². The normalized spacial score (nSPS) is 20.9. The summed E-state index contributed by atoms with van der Waals surface area (Å²) in [5, 5.41) is 10.0. The molecular weight excluding hydrogens is 332 g/mol. The van der Waals surface area contributed by atoms with Crippen molar-refractivity contribution in [3.63, 3.8) is 0 Å². The topological polar surface area (TPSA) is 62.2 Å². The second-order valence-electron chi connectivity index (χ2n) is 7.33. The number of hydrogen-bond donors (Lipinski definition) is 1. The number of carboxylic acids is 1. The number of nitrogens with zero attached hydrogens (tertiary/aromatic N) is 2. The second kappa shape index (κ2) is 8.27. The number of ether oxygens (including phenoxy) is 2. The molecule has 6 nitrogen and oxygen atoms in total. The summed E-state index contributed by atoms with van der Waals surface area (Å²) in [4.78, 5) is 16.8. The second-order valence-corrected chi connectivity index (χ2v) is 7.33. The highest BCUT2D eigenvalue weighted by Gasteiger charge is 2.36. The van der Waals surface area contributed by atoms with Crippen molar-refractivity contribution in [2.24, 2.45) is 0 Å². The van der Waals surface area contributed by atoms with Crippen LogP contribution in [0.5, 0.6) is 11.5 Å². The molecule has 0 spiro atoms. The van der Waals surface area contributed by atoms with Crippen LogP contribution in [0, 0.1) is 6.92 Å². The summed E-state index contributed by atoms with van der Waals surface area (Å²) in [6, 6.07) is 3.60. The first-order valence-electron chi connectivity index (χ1n) is 9.48. The zero-order valence-electron chi connectivity index (χ0n) is 16.0. The van der Waals surface area contributed by atoms with E-state index in [1.54, 1.807) is 14.2 Å². The zero-order chi connectivity index (χ0) is 18.7. The summed E-state index contributed by atoms with van der Waals surface area (Å²) in [5.41, 5.74) is 1.60. The average Bonchev–Trinajstić information content (AvgIpc) is 3.17. The number of carboxylic acid groups (broad SMARTS) is 1. The molecule has 0 aliphatic carbocycles. The first kappa shape index (κ1) is 19.0. The van der Waals surface area contributed by atoms with Crippen LogP contribution in [-0.4, -0.2) is 67.3 Å². The molecule has 1 atom stereocenters. The number of methoxy groups -OCH3 is 2. The molecule has 0 amide bonds. The van der Waals surface area contributed by atoms with E-state index in [0.717, 1.165) is 31.5 Å². The van der Waals surface area contributed by atoms with Gasteiger partial charge in [0.1, 0.15) is 17.5 Å². The summed E-state index contributed by atoms with van der Waals surface area (Å²) in [6.45, 7) is 5.88. The Balaban J connectivity index is 1.83. The van der Waals surface area contributed by atoms with Gasteiger partial charge < -0.3 is 19.5 Å².